The Morgan fingerprint density at radius 3 is 3.14 bits per heavy atom. The number of aliphatic hydroxyl groups is 1. The molecule has 4 heteroatoms. The second-order valence-electron chi connectivity index (χ2n) is 4.29. The Kier molecular flexibility index (Phi) is 2.56. The normalized spacial score (nSPS) is 21.3. The van der Waals surface area contributed by atoms with Crippen molar-refractivity contribution in [2.75, 3.05) is 6.54 Å². The van der Waals surface area contributed by atoms with Crippen LogP contribution >= 0.6 is 0 Å². The van der Waals surface area contributed by atoms with Gasteiger partial charge in [-0.1, -0.05) is 13.8 Å². The van der Waals surface area contributed by atoms with E-state index in [0.29, 0.717) is 12.5 Å². The molecule has 0 amide bonds. The maximum atomic E-state index is 9.69. The fourth-order valence-corrected chi connectivity index (χ4v) is 1.80. The number of nitrogens with one attached hydrogen (secondary N) is 1. The zero-order chi connectivity index (χ0) is 10.1. The van der Waals surface area contributed by atoms with Crippen LogP contribution in [-0.4, -0.2) is 21.4 Å². The summed E-state index contributed by atoms with van der Waals surface area (Å²) in [5, 5.41) is 17.3. The Morgan fingerprint density at radius 1 is 1.71 bits per heavy atom. The Morgan fingerprint density at radius 2 is 2.50 bits per heavy atom. The van der Waals surface area contributed by atoms with Crippen molar-refractivity contribution in [2.24, 2.45) is 5.92 Å². The molecule has 1 aliphatic heterocycles. The van der Waals surface area contributed by atoms with Gasteiger partial charge >= 0.3 is 0 Å². The summed E-state index contributed by atoms with van der Waals surface area (Å²) < 4.78 is 1.94. The third kappa shape index (κ3) is 1.81. The molecule has 1 unspecified atom stereocenters. The fourth-order valence-electron chi connectivity index (χ4n) is 1.80. The highest BCUT2D eigenvalue weighted by Gasteiger charge is 2.20. The first-order chi connectivity index (χ1) is 6.66. The second kappa shape index (κ2) is 3.71. The summed E-state index contributed by atoms with van der Waals surface area (Å²) in [4.78, 5) is 0. The number of rotatable bonds is 2. The van der Waals surface area contributed by atoms with Gasteiger partial charge in [0.05, 0.1) is 11.8 Å². The summed E-state index contributed by atoms with van der Waals surface area (Å²) in [6.45, 7) is 6.66. The lowest BCUT2D eigenvalue weighted by Crippen LogP contribution is -2.27. The van der Waals surface area contributed by atoms with E-state index in [1.807, 2.05) is 10.9 Å². The summed E-state index contributed by atoms with van der Waals surface area (Å²) in [7, 11) is 0. The lowest BCUT2D eigenvalue weighted by Gasteiger charge is -2.16. The molecule has 2 heterocycles. The van der Waals surface area contributed by atoms with Crippen molar-refractivity contribution in [1.82, 2.24) is 15.1 Å². The number of fused-ring (bicyclic) bond motifs is 1. The Labute approximate surface area is 83.9 Å². The second-order valence-corrected chi connectivity index (χ2v) is 4.29. The van der Waals surface area contributed by atoms with E-state index in [0.717, 1.165) is 24.3 Å². The highest BCUT2D eigenvalue weighted by atomic mass is 16.3. The monoisotopic (exact) mass is 195 g/mol. The number of hydrogen-bond donors (Lipinski definition) is 2. The molecule has 78 valence electrons. The third-order valence-electron chi connectivity index (χ3n) is 2.41. The first kappa shape index (κ1) is 9.68. The van der Waals surface area contributed by atoms with Crippen molar-refractivity contribution in [2.45, 2.75) is 33.0 Å². The molecule has 0 saturated heterocycles. The number of aliphatic hydroxyl groups excluding tert-OH is 1. The van der Waals surface area contributed by atoms with Gasteiger partial charge in [-0.15, -0.1) is 0 Å². The summed E-state index contributed by atoms with van der Waals surface area (Å²) in [6, 6.07) is 0. The van der Waals surface area contributed by atoms with E-state index < -0.39 is 0 Å². The van der Waals surface area contributed by atoms with Crippen LogP contribution in [-0.2, 0) is 13.1 Å². The molecule has 0 fully saturated rings. The molecular formula is C10H17N3O. The van der Waals surface area contributed by atoms with Gasteiger partial charge < -0.3 is 10.4 Å². The largest absolute Gasteiger partial charge is 0.387 e. The standard InChI is InChI=1S/C10H17N3O/c1-7(2)5-13-6-8-9(12-13)3-11-4-10(8)14/h6-7,10-11,14H,3-5H2,1-2H3. The molecule has 2 rings (SSSR count). The van der Waals surface area contributed by atoms with Crippen molar-refractivity contribution in [3.8, 4) is 0 Å². The van der Waals surface area contributed by atoms with Crippen molar-refractivity contribution in [3.63, 3.8) is 0 Å². The van der Waals surface area contributed by atoms with Gasteiger partial charge in [-0.2, -0.15) is 5.10 Å². The first-order valence-electron chi connectivity index (χ1n) is 5.12. The smallest absolute Gasteiger partial charge is 0.0948 e. The topological polar surface area (TPSA) is 50.1 Å². The van der Waals surface area contributed by atoms with Gasteiger partial charge in [-0.3, -0.25) is 4.68 Å². The van der Waals surface area contributed by atoms with E-state index in [2.05, 4.69) is 24.3 Å². The zero-order valence-corrected chi connectivity index (χ0v) is 8.70. The van der Waals surface area contributed by atoms with Crippen LogP contribution in [0.3, 0.4) is 0 Å². The first-order valence-corrected chi connectivity index (χ1v) is 5.12. The SMILES string of the molecule is CC(C)Cn1cc2c(n1)CNCC2O. The predicted molar refractivity (Wildman–Crippen MR) is 53.7 cm³/mol. The molecule has 1 aromatic heterocycles. The van der Waals surface area contributed by atoms with Crippen LogP contribution in [0.2, 0.25) is 0 Å². The van der Waals surface area contributed by atoms with E-state index in [9.17, 15) is 5.11 Å². The summed E-state index contributed by atoms with van der Waals surface area (Å²) in [6.07, 6.45) is 1.58. The molecule has 1 aliphatic rings. The van der Waals surface area contributed by atoms with E-state index in [1.54, 1.807) is 0 Å². The van der Waals surface area contributed by atoms with Crippen LogP contribution in [0.1, 0.15) is 31.2 Å². The minimum atomic E-state index is -0.389. The number of aromatic nitrogens is 2. The van der Waals surface area contributed by atoms with Gasteiger partial charge in [0.2, 0.25) is 0 Å². The van der Waals surface area contributed by atoms with Gasteiger partial charge in [0.1, 0.15) is 0 Å². The van der Waals surface area contributed by atoms with Gasteiger partial charge in [0, 0.05) is 31.4 Å². The highest BCUT2D eigenvalue weighted by molar-refractivity contribution is 5.22. The molecular weight excluding hydrogens is 178 g/mol. The lowest BCUT2D eigenvalue weighted by atomic mass is 10.1. The molecule has 0 bridgehead atoms. The van der Waals surface area contributed by atoms with Crippen molar-refractivity contribution in [1.29, 1.82) is 0 Å². The van der Waals surface area contributed by atoms with E-state index in [-0.39, 0.29) is 6.10 Å². The van der Waals surface area contributed by atoms with Crippen LogP contribution in [0, 0.1) is 5.92 Å². The van der Waals surface area contributed by atoms with Crippen LogP contribution in [0.5, 0.6) is 0 Å². The van der Waals surface area contributed by atoms with Gasteiger partial charge in [0.25, 0.3) is 0 Å². The minimum absolute atomic E-state index is 0.389. The Bertz CT molecular complexity index is 319. The van der Waals surface area contributed by atoms with Crippen LogP contribution in [0.15, 0.2) is 6.20 Å². The molecule has 14 heavy (non-hydrogen) atoms. The third-order valence-corrected chi connectivity index (χ3v) is 2.41. The van der Waals surface area contributed by atoms with Crippen LogP contribution in [0.25, 0.3) is 0 Å². The van der Waals surface area contributed by atoms with Crippen molar-refractivity contribution in [3.05, 3.63) is 17.5 Å². The quantitative estimate of drug-likeness (QED) is 0.729. The summed E-state index contributed by atoms with van der Waals surface area (Å²) in [5.41, 5.74) is 1.98. The Hall–Kier alpha value is -0.870. The van der Waals surface area contributed by atoms with Crippen molar-refractivity contribution >= 4 is 0 Å². The van der Waals surface area contributed by atoms with Crippen LogP contribution in [0.4, 0.5) is 0 Å². The summed E-state index contributed by atoms with van der Waals surface area (Å²) in [5.74, 6) is 0.585. The molecule has 0 aromatic carbocycles. The maximum absolute atomic E-state index is 9.69. The average molecular weight is 195 g/mol. The Balaban J connectivity index is 2.21. The molecule has 1 atom stereocenters. The van der Waals surface area contributed by atoms with Crippen LogP contribution < -0.4 is 5.32 Å². The number of nitrogens with zero attached hydrogens (tertiary/aromatic N) is 2. The predicted octanol–water partition coefficient (Wildman–Crippen LogP) is 0.676. The fraction of sp³-hybridized carbons (Fsp3) is 0.700. The molecule has 4 nitrogen and oxygen atoms in total. The molecule has 1 aromatic rings. The molecule has 0 radical (unpaired) electrons. The summed E-state index contributed by atoms with van der Waals surface area (Å²) >= 11 is 0. The minimum Gasteiger partial charge on any atom is -0.387 e. The zero-order valence-electron chi connectivity index (χ0n) is 8.70. The average Bonchev–Trinajstić information content (AvgIpc) is 2.47. The van der Waals surface area contributed by atoms with Gasteiger partial charge in [-0.25, -0.2) is 0 Å². The van der Waals surface area contributed by atoms with E-state index in [4.69, 9.17) is 0 Å². The maximum Gasteiger partial charge on any atom is 0.0948 e. The van der Waals surface area contributed by atoms with E-state index >= 15 is 0 Å². The van der Waals surface area contributed by atoms with Gasteiger partial charge in [-0.05, 0) is 5.92 Å². The number of β-amino-alcohol motifs (C(OH)–C–C–N with tert-alkyl or cyclic N) is 1. The van der Waals surface area contributed by atoms with Gasteiger partial charge in [0.15, 0.2) is 0 Å². The number of hydrogen-bond acceptors (Lipinski definition) is 3. The van der Waals surface area contributed by atoms with E-state index in [1.165, 1.54) is 0 Å². The molecule has 0 aliphatic carbocycles. The molecule has 0 saturated carbocycles. The molecule has 2 N–H and O–H groups in total. The lowest BCUT2D eigenvalue weighted by molar-refractivity contribution is 0.165. The molecule has 0 spiro atoms. The highest BCUT2D eigenvalue weighted by Crippen LogP contribution is 2.20. The van der Waals surface area contributed by atoms with Crippen molar-refractivity contribution < 1.29 is 5.11 Å².